The molecule has 4 nitrogen and oxygen atoms in total. The molecule has 0 spiro atoms. The molecule has 0 atom stereocenters. The first kappa shape index (κ1) is 12.8. The van der Waals surface area contributed by atoms with E-state index >= 15 is 0 Å². The van der Waals surface area contributed by atoms with Crippen LogP contribution in [0.3, 0.4) is 0 Å². The van der Waals surface area contributed by atoms with E-state index in [2.05, 4.69) is 15.5 Å². The number of benzene rings is 1. The lowest BCUT2D eigenvalue weighted by Crippen LogP contribution is -2.03. The highest BCUT2D eigenvalue weighted by molar-refractivity contribution is 7.13. The maximum absolute atomic E-state index is 13.7. The van der Waals surface area contributed by atoms with E-state index in [1.165, 1.54) is 17.4 Å². The number of anilines is 1. The zero-order chi connectivity index (χ0) is 13.9. The molecule has 2 aromatic heterocycles. The van der Waals surface area contributed by atoms with E-state index in [1.54, 1.807) is 6.07 Å². The van der Waals surface area contributed by atoms with E-state index in [9.17, 15) is 4.39 Å². The number of nitrogens with one attached hydrogen (secondary N) is 1. The Labute approximate surface area is 119 Å². The standard InChI is InChI=1S/C14H12FN3OS/c1-9-4-2-5-10(15)13(9)16-8-12-17-18-14(19-12)11-6-3-7-20-11/h2-7,16H,8H2,1H3. The molecule has 0 unspecified atom stereocenters. The van der Waals surface area contributed by atoms with Crippen molar-refractivity contribution in [2.24, 2.45) is 0 Å². The Balaban J connectivity index is 1.73. The molecule has 0 aliphatic rings. The molecule has 0 aliphatic heterocycles. The fraction of sp³-hybridized carbons (Fsp3) is 0.143. The molecular formula is C14H12FN3OS. The summed E-state index contributed by atoms with van der Waals surface area (Å²) in [7, 11) is 0. The van der Waals surface area contributed by atoms with Gasteiger partial charge in [0.25, 0.3) is 5.89 Å². The minimum atomic E-state index is -0.289. The maximum atomic E-state index is 13.7. The zero-order valence-corrected chi connectivity index (χ0v) is 11.6. The van der Waals surface area contributed by atoms with Crippen LogP contribution in [0, 0.1) is 12.7 Å². The lowest BCUT2D eigenvalue weighted by atomic mass is 10.2. The van der Waals surface area contributed by atoms with Crippen LogP contribution in [0.2, 0.25) is 0 Å². The Hall–Kier alpha value is -2.21. The number of para-hydroxylation sites is 1. The normalized spacial score (nSPS) is 10.7. The van der Waals surface area contributed by atoms with Crippen molar-refractivity contribution in [2.75, 3.05) is 5.32 Å². The number of hydrogen-bond acceptors (Lipinski definition) is 5. The molecule has 0 bridgehead atoms. The summed E-state index contributed by atoms with van der Waals surface area (Å²) in [5.41, 5.74) is 1.30. The molecule has 102 valence electrons. The molecular weight excluding hydrogens is 277 g/mol. The Morgan fingerprint density at radius 3 is 2.90 bits per heavy atom. The number of halogens is 1. The molecule has 0 aliphatic carbocycles. The molecule has 20 heavy (non-hydrogen) atoms. The molecule has 1 N–H and O–H groups in total. The summed E-state index contributed by atoms with van der Waals surface area (Å²) in [5, 5.41) is 12.9. The van der Waals surface area contributed by atoms with E-state index in [1.807, 2.05) is 30.5 Å². The predicted octanol–water partition coefficient (Wildman–Crippen LogP) is 3.86. The number of aryl methyl sites for hydroxylation is 1. The summed E-state index contributed by atoms with van der Waals surface area (Å²) < 4.78 is 19.2. The largest absolute Gasteiger partial charge is 0.418 e. The topological polar surface area (TPSA) is 51.0 Å². The average Bonchev–Trinajstić information content (AvgIpc) is 3.09. The van der Waals surface area contributed by atoms with Gasteiger partial charge in [-0.15, -0.1) is 21.5 Å². The van der Waals surface area contributed by atoms with E-state index in [0.717, 1.165) is 10.4 Å². The van der Waals surface area contributed by atoms with Crippen LogP contribution in [0.5, 0.6) is 0 Å². The molecule has 2 heterocycles. The van der Waals surface area contributed by atoms with E-state index < -0.39 is 0 Å². The summed E-state index contributed by atoms with van der Waals surface area (Å²) in [6.45, 7) is 2.14. The molecule has 0 saturated heterocycles. The molecule has 0 saturated carbocycles. The van der Waals surface area contributed by atoms with Gasteiger partial charge in [0.05, 0.1) is 17.1 Å². The van der Waals surface area contributed by atoms with Crippen LogP contribution >= 0.6 is 11.3 Å². The third-order valence-corrected chi connectivity index (χ3v) is 3.69. The maximum Gasteiger partial charge on any atom is 0.257 e. The second-order valence-corrected chi connectivity index (χ2v) is 5.21. The molecule has 0 amide bonds. The van der Waals surface area contributed by atoms with Crippen LogP contribution in [0.1, 0.15) is 11.5 Å². The zero-order valence-electron chi connectivity index (χ0n) is 10.8. The molecule has 3 rings (SSSR count). The average molecular weight is 289 g/mol. The van der Waals surface area contributed by atoms with Crippen molar-refractivity contribution >= 4 is 17.0 Å². The van der Waals surface area contributed by atoms with Crippen molar-refractivity contribution in [1.82, 2.24) is 10.2 Å². The molecule has 0 radical (unpaired) electrons. The van der Waals surface area contributed by atoms with Crippen molar-refractivity contribution in [3.63, 3.8) is 0 Å². The highest BCUT2D eigenvalue weighted by Gasteiger charge is 2.10. The first-order chi connectivity index (χ1) is 9.74. The molecule has 6 heteroatoms. The lowest BCUT2D eigenvalue weighted by molar-refractivity contribution is 0.515. The number of aromatic nitrogens is 2. The number of hydrogen-bond donors (Lipinski definition) is 1. The van der Waals surface area contributed by atoms with Crippen LogP contribution in [-0.2, 0) is 6.54 Å². The SMILES string of the molecule is Cc1cccc(F)c1NCc1nnc(-c2cccs2)o1. The Kier molecular flexibility index (Phi) is 3.47. The van der Waals surface area contributed by atoms with Gasteiger partial charge in [-0.2, -0.15) is 0 Å². The third-order valence-electron chi connectivity index (χ3n) is 2.84. The summed E-state index contributed by atoms with van der Waals surface area (Å²) >= 11 is 1.53. The fourth-order valence-electron chi connectivity index (χ4n) is 1.84. The van der Waals surface area contributed by atoms with Gasteiger partial charge in [-0.25, -0.2) is 4.39 Å². The van der Waals surface area contributed by atoms with Gasteiger partial charge in [-0.1, -0.05) is 18.2 Å². The first-order valence-corrected chi connectivity index (χ1v) is 6.97. The fourth-order valence-corrected chi connectivity index (χ4v) is 2.49. The van der Waals surface area contributed by atoms with Gasteiger partial charge in [0.1, 0.15) is 5.82 Å². The minimum Gasteiger partial charge on any atom is -0.418 e. The summed E-state index contributed by atoms with van der Waals surface area (Å²) in [4.78, 5) is 0.922. The van der Waals surface area contributed by atoms with Crippen molar-refractivity contribution in [3.05, 3.63) is 53.0 Å². The van der Waals surface area contributed by atoms with Crippen molar-refractivity contribution in [2.45, 2.75) is 13.5 Å². The van der Waals surface area contributed by atoms with Gasteiger partial charge in [0.2, 0.25) is 5.89 Å². The van der Waals surface area contributed by atoms with E-state index in [4.69, 9.17) is 4.42 Å². The van der Waals surface area contributed by atoms with E-state index in [-0.39, 0.29) is 5.82 Å². The second-order valence-electron chi connectivity index (χ2n) is 4.26. The van der Waals surface area contributed by atoms with Crippen molar-refractivity contribution in [1.29, 1.82) is 0 Å². The van der Waals surface area contributed by atoms with Gasteiger partial charge in [0.15, 0.2) is 0 Å². The van der Waals surface area contributed by atoms with Gasteiger partial charge in [-0.05, 0) is 30.0 Å². The summed E-state index contributed by atoms with van der Waals surface area (Å²) in [6.07, 6.45) is 0. The molecule has 1 aromatic carbocycles. The van der Waals surface area contributed by atoms with Crippen LogP contribution in [0.4, 0.5) is 10.1 Å². The van der Waals surface area contributed by atoms with Gasteiger partial charge >= 0.3 is 0 Å². The highest BCUT2D eigenvalue weighted by Crippen LogP contribution is 2.24. The minimum absolute atomic E-state index is 0.289. The van der Waals surface area contributed by atoms with Crippen LogP contribution in [0.15, 0.2) is 40.1 Å². The number of rotatable bonds is 4. The summed E-state index contributed by atoms with van der Waals surface area (Å²) in [5.74, 6) is 0.626. The molecule has 0 fully saturated rings. The Morgan fingerprint density at radius 2 is 2.15 bits per heavy atom. The van der Waals surface area contributed by atoms with Crippen LogP contribution < -0.4 is 5.32 Å². The Morgan fingerprint density at radius 1 is 1.25 bits per heavy atom. The number of nitrogens with zero attached hydrogens (tertiary/aromatic N) is 2. The Bertz CT molecular complexity index is 689. The highest BCUT2D eigenvalue weighted by atomic mass is 32.1. The first-order valence-electron chi connectivity index (χ1n) is 6.09. The second kappa shape index (κ2) is 5.42. The number of thiophene rings is 1. The van der Waals surface area contributed by atoms with Crippen molar-refractivity contribution in [3.8, 4) is 10.8 Å². The van der Waals surface area contributed by atoms with Gasteiger partial charge in [-0.3, -0.25) is 0 Å². The monoisotopic (exact) mass is 289 g/mol. The van der Waals surface area contributed by atoms with Crippen LogP contribution in [-0.4, -0.2) is 10.2 Å². The molecule has 3 aromatic rings. The van der Waals surface area contributed by atoms with Gasteiger partial charge in [0, 0.05) is 0 Å². The quantitative estimate of drug-likeness (QED) is 0.792. The smallest absolute Gasteiger partial charge is 0.257 e. The van der Waals surface area contributed by atoms with Crippen molar-refractivity contribution < 1.29 is 8.81 Å². The van der Waals surface area contributed by atoms with E-state index in [0.29, 0.717) is 24.0 Å². The lowest BCUT2D eigenvalue weighted by Gasteiger charge is -2.08. The predicted molar refractivity (Wildman–Crippen MR) is 76.1 cm³/mol. The third kappa shape index (κ3) is 2.55. The van der Waals surface area contributed by atoms with Gasteiger partial charge < -0.3 is 9.73 Å². The summed E-state index contributed by atoms with van der Waals surface area (Å²) in [6, 6.07) is 8.77. The van der Waals surface area contributed by atoms with Crippen LogP contribution in [0.25, 0.3) is 10.8 Å².